The minimum Gasteiger partial charge on any atom is -0.453 e. The first kappa shape index (κ1) is 18.6. The lowest BCUT2D eigenvalue weighted by atomic mass is 9.85. The molecule has 1 aliphatic heterocycles. The summed E-state index contributed by atoms with van der Waals surface area (Å²) in [6.07, 6.45) is -0.0268. The van der Waals surface area contributed by atoms with Crippen LogP contribution in [0, 0.1) is 0 Å². The van der Waals surface area contributed by atoms with E-state index in [1.54, 1.807) is 0 Å². The number of cyclic esters (lactones) is 1. The van der Waals surface area contributed by atoms with Gasteiger partial charge in [-0.3, -0.25) is 0 Å². The molecule has 0 N–H and O–H groups in total. The second kappa shape index (κ2) is 8.28. The average Bonchev–Trinajstić information content (AvgIpc) is 2.52. The molecule has 4 nitrogen and oxygen atoms in total. The van der Waals surface area contributed by atoms with Crippen LogP contribution in [0.25, 0.3) is 0 Å². The number of benzene rings is 2. The minimum atomic E-state index is -0.277. The SMILES string of the molecule is C.C[C@@H]1c2ccccc2C(=O)O[C@H]1c1cccc(Cl)c1.O=C=O. The molecule has 3 rings (SSSR count). The molecule has 0 aromatic heterocycles. The maximum Gasteiger partial charge on any atom is 0.373 e. The molecule has 23 heavy (non-hydrogen) atoms. The van der Waals surface area contributed by atoms with Crippen LogP contribution >= 0.6 is 11.6 Å². The highest BCUT2D eigenvalue weighted by molar-refractivity contribution is 6.30. The highest BCUT2D eigenvalue weighted by Gasteiger charge is 2.33. The summed E-state index contributed by atoms with van der Waals surface area (Å²) in [5.74, 6) is -0.147. The van der Waals surface area contributed by atoms with Gasteiger partial charge in [0.2, 0.25) is 0 Å². The van der Waals surface area contributed by atoms with Crippen LogP contribution < -0.4 is 0 Å². The van der Waals surface area contributed by atoms with Crippen LogP contribution in [-0.4, -0.2) is 12.1 Å². The summed E-state index contributed by atoms with van der Waals surface area (Å²) in [7, 11) is 0. The first-order valence-corrected chi connectivity index (χ1v) is 7.01. The van der Waals surface area contributed by atoms with E-state index in [2.05, 4.69) is 6.92 Å². The van der Waals surface area contributed by atoms with Gasteiger partial charge in [0, 0.05) is 10.9 Å². The fraction of sp³-hybridized carbons (Fsp3) is 0.222. The van der Waals surface area contributed by atoms with Crippen LogP contribution in [0.2, 0.25) is 5.02 Å². The third kappa shape index (κ3) is 4.07. The zero-order valence-electron chi connectivity index (χ0n) is 11.8. The van der Waals surface area contributed by atoms with Gasteiger partial charge in [0.05, 0.1) is 5.56 Å². The van der Waals surface area contributed by atoms with Crippen molar-refractivity contribution in [1.82, 2.24) is 0 Å². The van der Waals surface area contributed by atoms with Crippen LogP contribution in [0.4, 0.5) is 0 Å². The Morgan fingerprint density at radius 2 is 1.74 bits per heavy atom. The standard InChI is InChI=1S/C16H13ClO2.CO2.CH4/c1-10-13-7-2-3-8-14(13)16(18)19-15(10)11-5-4-6-12(17)9-11;2-1-3;/h2-10,15H,1H3;;1H4/t10-,15-;;/m1../s1. The van der Waals surface area contributed by atoms with E-state index in [0.29, 0.717) is 10.6 Å². The van der Waals surface area contributed by atoms with Crippen molar-refractivity contribution in [3.8, 4) is 0 Å². The molecule has 2 aromatic carbocycles. The predicted molar refractivity (Wildman–Crippen MR) is 86.2 cm³/mol. The number of hydrogen-bond acceptors (Lipinski definition) is 4. The van der Waals surface area contributed by atoms with Gasteiger partial charge in [-0.05, 0) is 29.3 Å². The fourth-order valence-corrected chi connectivity index (χ4v) is 2.76. The molecule has 2 aromatic rings. The van der Waals surface area contributed by atoms with E-state index in [1.807, 2.05) is 48.5 Å². The zero-order chi connectivity index (χ0) is 16.1. The van der Waals surface area contributed by atoms with Crippen molar-refractivity contribution >= 4 is 23.7 Å². The van der Waals surface area contributed by atoms with Crippen molar-refractivity contribution in [2.24, 2.45) is 0 Å². The van der Waals surface area contributed by atoms with Crippen LogP contribution in [-0.2, 0) is 14.3 Å². The third-order valence-corrected chi connectivity index (χ3v) is 3.77. The zero-order valence-corrected chi connectivity index (χ0v) is 12.5. The van der Waals surface area contributed by atoms with Gasteiger partial charge >= 0.3 is 12.1 Å². The third-order valence-electron chi connectivity index (χ3n) is 3.54. The number of rotatable bonds is 1. The van der Waals surface area contributed by atoms with Gasteiger partial charge in [0.1, 0.15) is 6.10 Å². The van der Waals surface area contributed by atoms with Gasteiger partial charge in [-0.15, -0.1) is 0 Å². The van der Waals surface area contributed by atoms with Crippen LogP contribution in [0.5, 0.6) is 0 Å². The van der Waals surface area contributed by atoms with Crippen LogP contribution in [0.1, 0.15) is 47.9 Å². The summed E-state index contributed by atoms with van der Waals surface area (Å²) in [5.41, 5.74) is 2.62. The lowest BCUT2D eigenvalue weighted by molar-refractivity contribution is -0.191. The summed E-state index contributed by atoms with van der Waals surface area (Å²) >= 11 is 6.01. The number of esters is 1. The Balaban J connectivity index is 0.000000615. The highest BCUT2D eigenvalue weighted by atomic mass is 35.5. The summed E-state index contributed by atoms with van der Waals surface area (Å²) < 4.78 is 5.57. The second-order valence-corrected chi connectivity index (χ2v) is 5.28. The number of ether oxygens (including phenoxy) is 1. The molecule has 0 saturated heterocycles. The monoisotopic (exact) mass is 332 g/mol. The van der Waals surface area contributed by atoms with Gasteiger partial charge in [-0.2, -0.15) is 9.59 Å². The first-order valence-electron chi connectivity index (χ1n) is 6.63. The fourth-order valence-electron chi connectivity index (χ4n) is 2.56. The molecule has 0 aliphatic carbocycles. The van der Waals surface area contributed by atoms with Gasteiger partial charge < -0.3 is 4.74 Å². The molecule has 0 bridgehead atoms. The summed E-state index contributed by atoms with van der Waals surface area (Å²) in [5, 5.41) is 0.652. The molecule has 0 saturated carbocycles. The van der Waals surface area contributed by atoms with E-state index >= 15 is 0 Å². The Kier molecular flexibility index (Phi) is 6.70. The molecule has 0 spiro atoms. The molecule has 0 amide bonds. The number of carbonyl (C=O) groups excluding carboxylic acids is 3. The van der Waals surface area contributed by atoms with Crippen LogP contribution in [0.3, 0.4) is 0 Å². The van der Waals surface area contributed by atoms with E-state index in [4.69, 9.17) is 25.9 Å². The molecule has 2 atom stereocenters. The van der Waals surface area contributed by atoms with E-state index < -0.39 is 0 Å². The number of carbonyl (C=O) groups is 1. The van der Waals surface area contributed by atoms with Crippen molar-refractivity contribution < 1.29 is 19.1 Å². The number of hydrogen-bond donors (Lipinski definition) is 0. The Hall–Kier alpha value is -2.42. The molecule has 0 radical (unpaired) electrons. The normalized spacial score (nSPS) is 18.3. The first-order chi connectivity index (χ1) is 10.6. The van der Waals surface area contributed by atoms with E-state index in [9.17, 15) is 4.79 Å². The van der Waals surface area contributed by atoms with Gasteiger partial charge in [-0.25, -0.2) is 4.79 Å². The minimum absolute atomic E-state index is 0. The molecular formula is C18H17ClO4. The topological polar surface area (TPSA) is 60.4 Å². The second-order valence-electron chi connectivity index (χ2n) is 4.84. The van der Waals surface area contributed by atoms with Crippen molar-refractivity contribution in [2.75, 3.05) is 0 Å². The molecule has 5 heteroatoms. The molecule has 120 valence electrons. The Labute approximate surface area is 140 Å². The number of fused-ring (bicyclic) bond motifs is 1. The van der Waals surface area contributed by atoms with Gasteiger partial charge in [0.25, 0.3) is 0 Å². The largest absolute Gasteiger partial charge is 0.453 e. The smallest absolute Gasteiger partial charge is 0.373 e. The van der Waals surface area contributed by atoms with E-state index in [1.165, 1.54) is 0 Å². The molecule has 1 heterocycles. The Bertz CT molecular complexity index is 720. The number of halogens is 1. The lowest BCUT2D eigenvalue weighted by Crippen LogP contribution is -2.24. The molecule has 1 aliphatic rings. The summed E-state index contributed by atoms with van der Waals surface area (Å²) in [6, 6.07) is 15.1. The average molecular weight is 333 g/mol. The Morgan fingerprint density at radius 3 is 2.39 bits per heavy atom. The lowest BCUT2D eigenvalue weighted by Gasteiger charge is -2.31. The van der Waals surface area contributed by atoms with E-state index in [-0.39, 0.29) is 31.6 Å². The van der Waals surface area contributed by atoms with Crippen molar-refractivity contribution in [1.29, 1.82) is 0 Å². The molecule has 0 unspecified atom stereocenters. The van der Waals surface area contributed by atoms with Crippen molar-refractivity contribution in [2.45, 2.75) is 26.4 Å². The summed E-state index contributed by atoms with van der Waals surface area (Å²) in [4.78, 5) is 28.3. The quantitative estimate of drug-likeness (QED) is 0.726. The maximum atomic E-state index is 12.0. The Morgan fingerprint density at radius 1 is 1.09 bits per heavy atom. The van der Waals surface area contributed by atoms with Gasteiger partial charge in [-0.1, -0.05) is 56.3 Å². The highest BCUT2D eigenvalue weighted by Crippen LogP contribution is 2.40. The predicted octanol–water partition coefficient (Wildman–Crippen LogP) is 4.41. The van der Waals surface area contributed by atoms with E-state index in [0.717, 1.165) is 11.1 Å². The maximum absolute atomic E-state index is 12.0. The molecule has 0 fully saturated rings. The van der Waals surface area contributed by atoms with Crippen LogP contribution in [0.15, 0.2) is 48.5 Å². The molecular weight excluding hydrogens is 316 g/mol. The summed E-state index contributed by atoms with van der Waals surface area (Å²) in [6.45, 7) is 2.07. The van der Waals surface area contributed by atoms with Crippen molar-refractivity contribution in [3.63, 3.8) is 0 Å². The van der Waals surface area contributed by atoms with Crippen molar-refractivity contribution in [3.05, 3.63) is 70.2 Å². The van der Waals surface area contributed by atoms with Gasteiger partial charge in [0.15, 0.2) is 0 Å².